The number of likely N-dealkylation sites (tertiary alicyclic amines) is 1. The minimum absolute atomic E-state index is 0.0214. The SMILES string of the molecule is Cc1cccc(NC(=O)C2CCCN(CCc3ccc([N+](=O)[O-])cc3)C2)n1. The van der Waals surface area contributed by atoms with Gasteiger partial charge in [0.1, 0.15) is 5.82 Å². The van der Waals surface area contributed by atoms with Gasteiger partial charge in [0.2, 0.25) is 5.91 Å². The summed E-state index contributed by atoms with van der Waals surface area (Å²) in [7, 11) is 0. The van der Waals surface area contributed by atoms with Crippen LogP contribution in [0.25, 0.3) is 0 Å². The molecule has 0 saturated carbocycles. The lowest BCUT2D eigenvalue weighted by molar-refractivity contribution is -0.384. The maximum absolute atomic E-state index is 12.6. The monoisotopic (exact) mass is 368 g/mol. The zero-order chi connectivity index (χ0) is 19.2. The van der Waals surface area contributed by atoms with Crippen LogP contribution in [0.4, 0.5) is 11.5 Å². The number of carbonyl (C=O) groups excluding carboxylic acids is 1. The van der Waals surface area contributed by atoms with E-state index in [-0.39, 0.29) is 22.4 Å². The summed E-state index contributed by atoms with van der Waals surface area (Å²) in [5.74, 6) is 0.578. The van der Waals surface area contributed by atoms with Crippen molar-refractivity contribution in [2.45, 2.75) is 26.2 Å². The predicted octanol–water partition coefficient (Wildman–Crippen LogP) is 3.19. The number of pyridine rings is 1. The third-order valence-electron chi connectivity index (χ3n) is 4.88. The fourth-order valence-electron chi connectivity index (χ4n) is 3.39. The number of amides is 1. The lowest BCUT2D eigenvalue weighted by Crippen LogP contribution is -2.41. The molecular weight excluding hydrogens is 344 g/mol. The molecule has 0 radical (unpaired) electrons. The van der Waals surface area contributed by atoms with E-state index >= 15 is 0 Å². The molecule has 2 heterocycles. The Bertz CT molecular complexity index is 807. The van der Waals surface area contributed by atoms with E-state index in [0.29, 0.717) is 5.82 Å². The summed E-state index contributed by atoms with van der Waals surface area (Å²) in [6, 6.07) is 12.3. The molecule has 2 aromatic rings. The Morgan fingerprint density at radius 1 is 1.30 bits per heavy atom. The van der Waals surface area contributed by atoms with Crippen molar-refractivity contribution in [3.8, 4) is 0 Å². The highest BCUT2D eigenvalue weighted by Crippen LogP contribution is 2.19. The number of nitrogens with zero attached hydrogens (tertiary/aromatic N) is 3. The van der Waals surface area contributed by atoms with Crippen LogP contribution in [-0.2, 0) is 11.2 Å². The number of rotatable bonds is 6. The van der Waals surface area contributed by atoms with Crippen LogP contribution in [0.2, 0.25) is 0 Å². The molecular formula is C20H24N4O3. The lowest BCUT2D eigenvalue weighted by Gasteiger charge is -2.31. The molecule has 1 aliphatic heterocycles. The van der Waals surface area contributed by atoms with Gasteiger partial charge in [-0.1, -0.05) is 18.2 Å². The predicted molar refractivity (Wildman–Crippen MR) is 104 cm³/mol. The number of nitrogens with one attached hydrogen (secondary N) is 1. The zero-order valence-corrected chi connectivity index (χ0v) is 15.4. The third-order valence-corrected chi connectivity index (χ3v) is 4.88. The second kappa shape index (κ2) is 8.73. The number of carbonyl (C=O) groups is 1. The molecule has 0 bridgehead atoms. The maximum Gasteiger partial charge on any atom is 0.269 e. The van der Waals surface area contributed by atoms with Crippen LogP contribution in [0.5, 0.6) is 0 Å². The van der Waals surface area contributed by atoms with Crippen LogP contribution in [0.3, 0.4) is 0 Å². The summed E-state index contributed by atoms with van der Waals surface area (Å²) in [5, 5.41) is 13.6. The molecule has 1 unspecified atom stereocenters. The van der Waals surface area contributed by atoms with Crippen LogP contribution < -0.4 is 5.32 Å². The van der Waals surface area contributed by atoms with Gasteiger partial charge < -0.3 is 10.2 Å². The molecule has 1 saturated heterocycles. The van der Waals surface area contributed by atoms with Crippen molar-refractivity contribution in [1.82, 2.24) is 9.88 Å². The summed E-state index contributed by atoms with van der Waals surface area (Å²) < 4.78 is 0. The van der Waals surface area contributed by atoms with Crippen LogP contribution in [0.1, 0.15) is 24.1 Å². The molecule has 1 amide bonds. The molecule has 1 N–H and O–H groups in total. The van der Waals surface area contributed by atoms with Crippen molar-refractivity contribution in [2.24, 2.45) is 5.92 Å². The van der Waals surface area contributed by atoms with Crippen LogP contribution in [0, 0.1) is 23.0 Å². The summed E-state index contributed by atoms with van der Waals surface area (Å²) in [6.45, 7) is 4.44. The molecule has 142 valence electrons. The van der Waals surface area contributed by atoms with Crippen molar-refractivity contribution in [3.05, 3.63) is 63.8 Å². The number of hydrogen-bond donors (Lipinski definition) is 1. The molecule has 1 fully saturated rings. The molecule has 7 heteroatoms. The first-order valence-corrected chi connectivity index (χ1v) is 9.21. The summed E-state index contributed by atoms with van der Waals surface area (Å²) in [4.78, 5) is 29.5. The number of benzene rings is 1. The van der Waals surface area contributed by atoms with Crippen LogP contribution in [-0.4, -0.2) is 40.3 Å². The van der Waals surface area contributed by atoms with E-state index in [9.17, 15) is 14.9 Å². The van der Waals surface area contributed by atoms with Crippen LogP contribution in [0.15, 0.2) is 42.5 Å². The number of aryl methyl sites for hydroxylation is 1. The molecule has 27 heavy (non-hydrogen) atoms. The highest BCUT2D eigenvalue weighted by molar-refractivity contribution is 5.91. The first-order valence-electron chi connectivity index (χ1n) is 9.21. The van der Waals surface area contributed by atoms with Crippen molar-refractivity contribution in [3.63, 3.8) is 0 Å². The Kier molecular flexibility index (Phi) is 6.13. The largest absolute Gasteiger partial charge is 0.310 e. The van der Waals surface area contributed by atoms with Gasteiger partial charge in [-0.2, -0.15) is 0 Å². The van der Waals surface area contributed by atoms with E-state index in [1.54, 1.807) is 18.2 Å². The minimum atomic E-state index is -0.388. The van der Waals surface area contributed by atoms with Gasteiger partial charge in [-0.25, -0.2) is 4.98 Å². The van der Waals surface area contributed by atoms with Gasteiger partial charge in [-0.15, -0.1) is 0 Å². The Morgan fingerprint density at radius 3 is 2.78 bits per heavy atom. The first kappa shape index (κ1) is 19.0. The van der Waals surface area contributed by atoms with E-state index in [4.69, 9.17) is 0 Å². The van der Waals surface area contributed by atoms with Gasteiger partial charge in [0.05, 0.1) is 10.8 Å². The van der Waals surface area contributed by atoms with Crippen molar-refractivity contribution in [1.29, 1.82) is 0 Å². The molecule has 1 aromatic heterocycles. The average Bonchev–Trinajstić information content (AvgIpc) is 2.67. The van der Waals surface area contributed by atoms with Crippen molar-refractivity contribution < 1.29 is 9.72 Å². The van der Waals surface area contributed by atoms with E-state index in [2.05, 4.69) is 15.2 Å². The highest BCUT2D eigenvalue weighted by Gasteiger charge is 2.25. The lowest BCUT2D eigenvalue weighted by atomic mass is 9.96. The molecule has 1 atom stereocenters. The van der Waals surface area contributed by atoms with Gasteiger partial charge in [-0.3, -0.25) is 14.9 Å². The summed E-state index contributed by atoms with van der Waals surface area (Å²) >= 11 is 0. The number of aromatic nitrogens is 1. The Labute approximate surface area is 158 Å². The van der Waals surface area contributed by atoms with E-state index in [1.807, 2.05) is 19.1 Å². The van der Waals surface area contributed by atoms with Crippen molar-refractivity contribution in [2.75, 3.05) is 25.0 Å². The number of hydrogen-bond acceptors (Lipinski definition) is 5. The van der Waals surface area contributed by atoms with E-state index < -0.39 is 0 Å². The first-order chi connectivity index (χ1) is 13.0. The highest BCUT2D eigenvalue weighted by atomic mass is 16.6. The standard InChI is InChI=1S/C20H24N4O3/c1-15-4-2-6-19(21-15)22-20(25)17-5-3-12-23(14-17)13-11-16-7-9-18(10-8-16)24(26)27/h2,4,6-10,17H,3,5,11-14H2,1H3,(H,21,22,25). The number of non-ortho nitro benzene ring substituents is 1. The number of piperidine rings is 1. The van der Waals surface area contributed by atoms with Crippen LogP contribution >= 0.6 is 0 Å². The molecule has 1 aromatic carbocycles. The fraction of sp³-hybridized carbons (Fsp3) is 0.400. The number of anilines is 1. The quantitative estimate of drug-likeness (QED) is 0.625. The molecule has 1 aliphatic rings. The second-order valence-electron chi connectivity index (χ2n) is 6.97. The van der Waals surface area contributed by atoms with Gasteiger partial charge >= 0.3 is 0 Å². The fourth-order valence-corrected chi connectivity index (χ4v) is 3.39. The minimum Gasteiger partial charge on any atom is -0.310 e. The molecule has 0 spiro atoms. The number of nitro benzene ring substituents is 1. The van der Waals surface area contributed by atoms with Crippen molar-refractivity contribution >= 4 is 17.4 Å². The Balaban J connectivity index is 1.51. The maximum atomic E-state index is 12.6. The van der Waals surface area contributed by atoms with Gasteiger partial charge in [0, 0.05) is 30.9 Å². The summed E-state index contributed by atoms with van der Waals surface area (Å²) in [6.07, 6.45) is 2.68. The topological polar surface area (TPSA) is 88.4 Å². The second-order valence-corrected chi connectivity index (χ2v) is 6.97. The normalized spacial score (nSPS) is 17.4. The van der Waals surface area contributed by atoms with E-state index in [0.717, 1.165) is 50.2 Å². The smallest absolute Gasteiger partial charge is 0.269 e. The average molecular weight is 368 g/mol. The molecule has 7 nitrogen and oxygen atoms in total. The molecule has 3 rings (SSSR count). The van der Waals surface area contributed by atoms with E-state index in [1.165, 1.54) is 12.1 Å². The zero-order valence-electron chi connectivity index (χ0n) is 15.4. The van der Waals surface area contributed by atoms with Gasteiger partial charge in [0.25, 0.3) is 5.69 Å². The number of nitro groups is 1. The Hall–Kier alpha value is -2.80. The molecule has 0 aliphatic carbocycles. The third kappa shape index (κ3) is 5.34. The summed E-state index contributed by atoms with van der Waals surface area (Å²) in [5.41, 5.74) is 2.05. The van der Waals surface area contributed by atoms with Gasteiger partial charge in [0.15, 0.2) is 0 Å². The van der Waals surface area contributed by atoms with Gasteiger partial charge in [-0.05, 0) is 50.4 Å². The Morgan fingerprint density at radius 2 is 2.07 bits per heavy atom.